The zero-order valence-corrected chi connectivity index (χ0v) is 14.5. The fourth-order valence-corrected chi connectivity index (χ4v) is 3.16. The summed E-state index contributed by atoms with van der Waals surface area (Å²) in [5, 5.41) is 8.55. The number of fused-ring (bicyclic) bond motifs is 1. The Balaban J connectivity index is 1.61. The molecule has 0 saturated carbocycles. The fraction of sp³-hybridized carbons (Fsp3) is 0.143. The molecule has 0 unspecified atom stereocenters. The third-order valence-electron chi connectivity index (χ3n) is 4.59. The minimum absolute atomic E-state index is 0.0888. The number of benzene rings is 2. The van der Waals surface area contributed by atoms with Crippen LogP contribution in [0.1, 0.15) is 22.0 Å². The maximum atomic E-state index is 12.9. The predicted molar refractivity (Wildman–Crippen MR) is 102 cm³/mol. The topological polar surface area (TPSA) is 51.9 Å². The summed E-state index contributed by atoms with van der Waals surface area (Å²) < 4.78 is 3.85. The van der Waals surface area contributed by atoms with Crippen LogP contribution in [0, 0.1) is 0 Å². The van der Waals surface area contributed by atoms with Crippen molar-refractivity contribution in [2.24, 2.45) is 7.05 Å². The molecule has 4 aromatic rings. The molecule has 2 aromatic heterocycles. The fourth-order valence-electron chi connectivity index (χ4n) is 3.16. The molecule has 1 amide bonds. The molecule has 26 heavy (non-hydrogen) atoms. The summed E-state index contributed by atoms with van der Waals surface area (Å²) in [6.45, 7) is 0.579. The summed E-state index contributed by atoms with van der Waals surface area (Å²) in [4.78, 5) is 12.9. The Labute approximate surface area is 151 Å². The summed E-state index contributed by atoms with van der Waals surface area (Å²) in [5.41, 5.74) is 2.75. The van der Waals surface area contributed by atoms with Crippen LogP contribution >= 0.6 is 0 Å². The summed E-state index contributed by atoms with van der Waals surface area (Å²) in [5.74, 6) is -0.0888. The number of carbonyl (C=O) groups excluding carboxylic acids is 1. The van der Waals surface area contributed by atoms with Crippen LogP contribution in [-0.2, 0) is 13.6 Å². The number of carbonyl (C=O) groups is 1. The largest absolute Gasteiger partial charge is 0.351 e. The molecule has 0 fully saturated rings. The van der Waals surface area contributed by atoms with Gasteiger partial charge in [0.05, 0.1) is 12.6 Å². The molecule has 0 saturated heterocycles. The second kappa shape index (κ2) is 6.88. The highest BCUT2D eigenvalue weighted by atomic mass is 16.1. The Kier molecular flexibility index (Phi) is 4.27. The third-order valence-corrected chi connectivity index (χ3v) is 4.59. The van der Waals surface area contributed by atoms with Crippen LogP contribution in [-0.4, -0.2) is 20.3 Å². The summed E-state index contributed by atoms with van der Waals surface area (Å²) in [7, 11) is 1.98. The maximum Gasteiger partial charge on any atom is 0.251 e. The van der Waals surface area contributed by atoms with Gasteiger partial charge in [-0.25, -0.2) is 0 Å². The lowest BCUT2D eigenvalue weighted by Gasteiger charge is -2.19. The average Bonchev–Trinajstić information content (AvgIpc) is 3.31. The van der Waals surface area contributed by atoms with Gasteiger partial charge in [-0.15, -0.1) is 0 Å². The Morgan fingerprint density at radius 1 is 1.08 bits per heavy atom. The normalized spacial score (nSPS) is 12.2. The van der Waals surface area contributed by atoms with Crippen LogP contribution in [0.15, 0.2) is 79.3 Å². The van der Waals surface area contributed by atoms with E-state index >= 15 is 0 Å². The van der Waals surface area contributed by atoms with Gasteiger partial charge < -0.3 is 9.88 Å². The second-order valence-electron chi connectivity index (χ2n) is 6.37. The van der Waals surface area contributed by atoms with E-state index in [4.69, 9.17) is 0 Å². The molecule has 1 N–H and O–H groups in total. The first-order valence-corrected chi connectivity index (χ1v) is 8.59. The van der Waals surface area contributed by atoms with Crippen molar-refractivity contribution in [3.63, 3.8) is 0 Å². The number of aromatic nitrogens is 3. The summed E-state index contributed by atoms with van der Waals surface area (Å²) >= 11 is 0. The first kappa shape index (κ1) is 16.1. The average molecular weight is 344 g/mol. The van der Waals surface area contributed by atoms with Crippen LogP contribution in [0.4, 0.5) is 0 Å². The third kappa shape index (κ3) is 3.24. The molecule has 0 spiro atoms. The van der Waals surface area contributed by atoms with E-state index in [1.54, 1.807) is 6.20 Å². The van der Waals surface area contributed by atoms with Gasteiger partial charge in [0.15, 0.2) is 0 Å². The first-order chi connectivity index (χ1) is 12.7. The number of hydrogen-bond acceptors (Lipinski definition) is 2. The molecule has 1 atom stereocenters. The zero-order chi connectivity index (χ0) is 17.9. The van der Waals surface area contributed by atoms with Gasteiger partial charge in [-0.2, -0.15) is 5.10 Å². The van der Waals surface area contributed by atoms with Gasteiger partial charge >= 0.3 is 0 Å². The van der Waals surface area contributed by atoms with Gasteiger partial charge in [-0.1, -0.05) is 36.4 Å². The molecular weight excluding hydrogens is 324 g/mol. The molecule has 130 valence electrons. The Morgan fingerprint density at radius 2 is 1.92 bits per heavy atom. The highest BCUT2D eigenvalue weighted by Gasteiger charge is 2.17. The van der Waals surface area contributed by atoms with E-state index in [0.29, 0.717) is 12.1 Å². The van der Waals surface area contributed by atoms with E-state index in [0.717, 1.165) is 16.5 Å². The number of hydrogen-bond donors (Lipinski definition) is 1. The lowest BCUT2D eigenvalue weighted by molar-refractivity contribution is 0.0932. The van der Waals surface area contributed by atoms with Crippen molar-refractivity contribution in [2.45, 2.75) is 12.6 Å². The van der Waals surface area contributed by atoms with Crippen molar-refractivity contribution >= 4 is 16.8 Å². The van der Waals surface area contributed by atoms with Gasteiger partial charge in [-0.3, -0.25) is 9.48 Å². The van der Waals surface area contributed by atoms with Crippen LogP contribution < -0.4 is 5.32 Å². The molecule has 5 heteroatoms. The van der Waals surface area contributed by atoms with E-state index in [1.165, 1.54) is 0 Å². The van der Waals surface area contributed by atoms with Gasteiger partial charge in [0.1, 0.15) is 0 Å². The van der Waals surface area contributed by atoms with Crippen molar-refractivity contribution in [2.75, 3.05) is 0 Å². The SMILES string of the molecule is Cn1ccc2ccc(C(=O)N[C@H](Cn3cccn3)c3ccccc3)cc21. The van der Waals surface area contributed by atoms with Gasteiger partial charge in [0.25, 0.3) is 5.91 Å². The highest BCUT2D eigenvalue weighted by Crippen LogP contribution is 2.19. The Morgan fingerprint density at radius 3 is 2.69 bits per heavy atom. The molecule has 0 radical (unpaired) electrons. The highest BCUT2D eigenvalue weighted by molar-refractivity contribution is 5.98. The molecule has 0 aliphatic heterocycles. The number of rotatable bonds is 5. The van der Waals surface area contributed by atoms with Crippen LogP contribution in [0.3, 0.4) is 0 Å². The van der Waals surface area contributed by atoms with E-state index < -0.39 is 0 Å². The van der Waals surface area contributed by atoms with E-state index in [-0.39, 0.29) is 11.9 Å². The molecule has 2 aromatic carbocycles. The van der Waals surface area contributed by atoms with Gasteiger partial charge in [-0.05, 0) is 35.2 Å². The van der Waals surface area contributed by atoms with Crippen LogP contribution in [0.5, 0.6) is 0 Å². The second-order valence-corrected chi connectivity index (χ2v) is 6.37. The van der Waals surface area contributed by atoms with Gasteiger partial charge in [0.2, 0.25) is 0 Å². The van der Waals surface area contributed by atoms with Crippen molar-refractivity contribution in [3.8, 4) is 0 Å². The number of nitrogens with zero attached hydrogens (tertiary/aromatic N) is 3. The van der Waals surface area contributed by atoms with Crippen molar-refractivity contribution in [3.05, 3.63) is 90.4 Å². The molecule has 0 aliphatic rings. The summed E-state index contributed by atoms with van der Waals surface area (Å²) in [6.07, 6.45) is 5.64. The van der Waals surface area contributed by atoms with Crippen molar-refractivity contribution in [1.82, 2.24) is 19.7 Å². The van der Waals surface area contributed by atoms with Crippen LogP contribution in [0.2, 0.25) is 0 Å². The molecule has 0 aliphatic carbocycles. The lowest BCUT2D eigenvalue weighted by Crippen LogP contribution is -2.31. The molecule has 2 heterocycles. The first-order valence-electron chi connectivity index (χ1n) is 8.59. The van der Waals surface area contributed by atoms with E-state index in [9.17, 15) is 4.79 Å². The molecular formula is C21H20N4O. The minimum atomic E-state index is -0.160. The monoisotopic (exact) mass is 344 g/mol. The minimum Gasteiger partial charge on any atom is -0.351 e. The number of amides is 1. The number of aryl methyl sites for hydroxylation is 1. The quantitative estimate of drug-likeness (QED) is 0.602. The molecule has 4 rings (SSSR count). The standard InChI is InChI=1S/C21H20N4O/c1-24-13-10-17-8-9-18(14-20(17)24)21(26)23-19(15-25-12-5-11-22-25)16-6-3-2-4-7-16/h2-14,19H,15H2,1H3,(H,23,26)/t19-/m1/s1. The summed E-state index contributed by atoms with van der Waals surface area (Å²) in [6, 6.07) is 19.5. The lowest BCUT2D eigenvalue weighted by atomic mass is 10.1. The smallest absolute Gasteiger partial charge is 0.251 e. The molecule has 0 bridgehead atoms. The van der Waals surface area contributed by atoms with E-state index in [2.05, 4.69) is 10.4 Å². The Hall–Kier alpha value is -3.34. The predicted octanol–water partition coefficient (Wildman–Crippen LogP) is 3.55. The number of nitrogens with one attached hydrogen (secondary N) is 1. The zero-order valence-electron chi connectivity index (χ0n) is 14.5. The van der Waals surface area contributed by atoms with Crippen molar-refractivity contribution in [1.29, 1.82) is 0 Å². The Bertz CT molecular complexity index is 1020. The van der Waals surface area contributed by atoms with Crippen molar-refractivity contribution < 1.29 is 4.79 Å². The van der Waals surface area contributed by atoms with Gasteiger partial charge in [0, 0.05) is 36.7 Å². The maximum absolute atomic E-state index is 12.9. The van der Waals surface area contributed by atoms with E-state index in [1.807, 2.05) is 89.4 Å². The molecule has 5 nitrogen and oxygen atoms in total. The van der Waals surface area contributed by atoms with Crippen LogP contribution in [0.25, 0.3) is 10.9 Å².